The van der Waals surface area contributed by atoms with E-state index in [-0.39, 0.29) is 23.2 Å². The number of thioether (sulfide) groups is 1. The van der Waals surface area contributed by atoms with Gasteiger partial charge in [0.05, 0.1) is 11.1 Å². The van der Waals surface area contributed by atoms with Crippen LogP contribution in [0.1, 0.15) is 35.1 Å². The molecule has 144 valence electrons. The summed E-state index contributed by atoms with van der Waals surface area (Å²) in [5.74, 6) is -1.35. The zero-order chi connectivity index (χ0) is 19.7. The molecule has 1 saturated heterocycles. The Labute approximate surface area is 164 Å². The monoisotopic (exact) mass is 402 g/mol. The minimum atomic E-state index is -0.772. The highest BCUT2D eigenvalue weighted by Gasteiger charge is 2.35. The molecule has 3 aromatic rings. The van der Waals surface area contributed by atoms with Crippen LogP contribution in [0.5, 0.6) is 0 Å². The number of rotatable bonds is 4. The van der Waals surface area contributed by atoms with E-state index >= 15 is 0 Å². The van der Waals surface area contributed by atoms with Gasteiger partial charge in [0.25, 0.3) is 5.91 Å². The number of benzene rings is 1. The fourth-order valence-corrected chi connectivity index (χ4v) is 3.83. The van der Waals surface area contributed by atoms with Crippen molar-refractivity contribution in [3.8, 4) is 11.4 Å². The average Bonchev–Trinajstić information content (AvgIpc) is 3.36. The Morgan fingerprint density at radius 2 is 2.18 bits per heavy atom. The maximum absolute atomic E-state index is 14.0. The fraction of sp³-hybridized carbons (Fsp3) is 0.263. The lowest BCUT2D eigenvalue weighted by Crippen LogP contribution is -2.31. The van der Waals surface area contributed by atoms with Crippen LogP contribution >= 0.6 is 11.8 Å². The SMILES string of the molecule is CSc1ncccc1C(=O)N1CCC[C@H]1c1nc(-c2ccc(F)cc2F)no1. The van der Waals surface area contributed by atoms with E-state index in [2.05, 4.69) is 15.1 Å². The molecule has 1 amide bonds. The van der Waals surface area contributed by atoms with Crippen LogP contribution in [0.3, 0.4) is 0 Å². The summed E-state index contributed by atoms with van der Waals surface area (Å²) < 4.78 is 32.4. The molecule has 0 radical (unpaired) electrons. The second kappa shape index (κ2) is 7.67. The van der Waals surface area contributed by atoms with Gasteiger partial charge in [0.1, 0.15) is 22.7 Å². The Kier molecular flexibility index (Phi) is 5.08. The summed E-state index contributed by atoms with van der Waals surface area (Å²) in [6.45, 7) is 0.550. The molecule has 6 nitrogen and oxygen atoms in total. The normalized spacial score (nSPS) is 16.5. The predicted octanol–water partition coefficient (Wildman–Crippen LogP) is 4.11. The second-order valence-electron chi connectivity index (χ2n) is 6.30. The number of aromatic nitrogens is 3. The topological polar surface area (TPSA) is 72.1 Å². The number of hydrogen-bond donors (Lipinski definition) is 0. The molecule has 0 bridgehead atoms. The van der Waals surface area contributed by atoms with Gasteiger partial charge in [-0.05, 0) is 43.4 Å². The Balaban J connectivity index is 1.62. The van der Waals surface area contributed by atoms with Crippen LogP contribution in [0, 0.1) is 11.6 Å². The lowest BCUT2D eigenvalue weighted by molar-refractivity contribution is 0.0705. The molecular formula is C19H16F2N4O2S. The molecule has 1 aromatic carbocycles. The minimum Gasteiger partial charge on any atom is -0.337 e. The zero-order valence-electron chi connectivity index (χ0n) is 14.9. The Hall–Kier alpha value is -2.81. The van der Waals surface area contributed by atoms with Gasteiger partial charge in [0, 0.05) is 18.8 Å². The van der Waals surface area contributed by atoms with Crippen molar-refractivity contribution in [1.29, 1.82) is 0 Å². The summed E-state index contributed by atoms with van der Waals surface area (Å²) in [6, 6.07) is 6.23. The number of nitrogens with zero attached hydrogens (tertiary/aromatic N) is 4. The highest BCUT2D eigenvalue weighted by atomic mass is 32.2. The van der Waals surface area contributed by atoms with Crippen LogP contribution in [-0.4, -0.2) is 38.7 Å². The maximum Gasteiger partial charge on any atom is 0.257 e. The van der Waals surface area contributed by atoms with Crippen molar-refractivity contribution in [2.45, 2.75) is 23.9 Å². The van der Waals surface area contributed by atoms with Gasteiger partial charge >= 0.3 is 0 Å². The molecule has 0 spiro atoms. The fourth-order valence-electron chi connectivity index (χ4n) is 3.29. The van der Waals surface area contributed by atoms with Crippen LogP contribution in [0.2, 0.25) is 0 Å². The molecule has 28 heavy (non-hydrogen) atoms. The number of pyridine rings is 1. The van der Waals surface area contributed by atoms with Gasteiger partial charge in [-0.15, -0.1) is 11.8 Å². The quantitative estimate of drug-likeness (QED) is 0.612. The van der Waals surface area contributed by atoms with Crippen molar-refractivity contribution in [2.75, 3.05) is 12.8 Å². The van der Waals surface area contributed by atoms with E-state index in [1.807, 2.05) is 6.26 Å². The first-order valence-electron chi connectivity index (χ1n) is 8.67. The number of hydrogen-bond acceptors (Lipinski definition) is 6. The molecule has 1 aliphatic rings. The summed E-state index contributed by atoms with van der Waals surface area (Å²) >= 11 is 1.40. The largest absolute Gasteiger partial charge is 0.337 e. The van der Waals surface area contributed by atoms with Crippen molar-refractivity contribution in [3.63, 3.8) is 0 Å². The molecule has 0 aliphatic carbocycles. The molecule has 4 rings (SSSR count). The lowest BCUT2D eigenvalue weighted by Gasteiger charge is -2.22. The summed E-state index contributed by atoms with van der Waals surface area (Å²) in [4.78, 5) is 23.2. The predicted molar refractivity (Wildman–Crippen MR) is 98.7 cm³/mol. The third-order valence-corrected chi connectivity index (χ3v) is 5.32. The standard InChI is InChI=1S/C19H16F2N4O2S/c1-28-18-13(4-2-8-22-18)19(26)25-9-3-5-15(25)17-23-16(24-27-17)12-7-6-11(20)10-14(12)21/h2,4,6-8,10,15H,3,5,9H2,1H3/t15-/m0/s1. The smallest absolute Gasteiger partial charge is 0.257 e. The van der Waals surface area contributed by atoms with Crippen molar-refractivity contribution < 1.29 is 18.1 Å². The highest BCUT2D eigenvalue weighted by molar-refractivity contribution is 7.98. The average molecular weight is 402 g/mol. The van der Waals surface area contributed by atoms with Gasteiger partial charge in [-0.2, -0.15) is 4.98 Å². The minimum absolute atomic E-state index is 0.0259. The Morgan fingerprint density at radius 3 is 2.96 bits per heavy atom. The van der Waals surface area contributed by atoms with Crippen LogP contribution in [0.25, 0.3) is 11.4 Å². The zero-order valence-corrected chi connectivity index (χ0v) is 15.7. The van der Waals surface area contributed by atoms with Crippen LogP contribution < -0.4 is 0 Å². The van der Waals surface area contributed by atoms with E-state index in [1.165, 1.54) is 17.8 Å². The molecule has 1 atom stereocenters. The molecule has 1 aliphatic heterocycles. The molecule has 1 fully saturated rings. The highest BCUT2D eigenvalue weighted by Crippen LogP contribution is 2.34. The third kappa shape index (κ3) is 3.37. The Bertz CT molecular complexity index is 1030. The Morgan fingerprint density at radius 1 is 1.32 bits per heavy atom. The summed E-state index contributed by atoms with van der Waals surface area (Å²) in [5, 5.41) is 4.47. The number of amides is 1. The molecule has 3 heterocycles. The van der Waals surface area contributed by atoms with Crippen LogP contribution in [0.15, 0.2) is 46.1 Å². The van der Waals surface area contributed by atoms with E-state index in [0.29, 0.717) is 23.6 Å². The van der Waals surface area contributed by atoms with Gasteiger partial charge in [0.2, 0.25) is 11.7 Å². The van der Waals surface area contributed by atoms with Gasteiger partial charge in [-0.1, -0.05) is 5.16 Å². The van der Waals surface area contributed by atoms with E-state index in [9.17, 15) is 13.6 Å². The first-order valence-corrected chi connectivity index (χ1v) is 9.90. The lowest BCUT2D eigenvalue weighted by atomic mass is 10.2. The van der Waals surface area contributed by atoms with Crippen LogP contribution in [-0.2, 0) is 0 Å². The number of halogens is 2. The number of carbonyl (C=O) groups excluding carboxylic acids is 1. The van der Waals surface area contributed by atoms with Crippen molar-refractivity contribution in [2.24, 2.45) is 0 Å². The molecule has 2 aromatic heterocycles. The van der Waals surface area contributed by atoms with Crippen molar-refractivity contribution in [3.05, 3.63) is 59.6 Å². The summed E-state index contributed by atoms with van der Waals surface area (Å²) in [6.07, 6.45) is 4.95. The summed E-state index contributed by atoms with van der Waals surface area (Å²) in [5.41, 5.74) is 0.565. The second-order valence-corrected chi connectivity index (χ2v) is 7.09. The first kappa shape index (κ1) is 18.5. The van der Waals surface area contributed by atoms with E-state index in [4.69, 9.17) is 4.52 Å². The van der Waals surface area contributed by atoms with Gasteiger partial charge in [-0.25, -0.2) is 13.8 Å². The van der Waals surface area contributed by atoms with E-state index < -0.39 is 17.7 Å². The van der Waals surface area contributed by atoms with Crippen LogP contribution in [0.4, 0.5) is 8.78 Å². The van der Waals surface area contributed by atoms with Crippen molar-refractivity contribution in [1.82, 2.24) is 20.0 Å². The first-order chi connectivity index (χ1) is 13.6. The number of carbonyl (C=O) groups is 1. The molecule has 0 saturated carbocycles. The van der Waals surface area contributed by atoms with Crippen molar-refractivity contribution >= 4 is 17.7 Å². The molecular weight excluding hydrogens is 386 g/mol. The van der Waals surface area contributed by atoms with Gasteiger partial charge in [0.15, 0.2) is 0 Å². The van der Waals surface area contributed by atoms with E-state index in [1.54, 1.807) is 23.2 Å². The van der Waals surface area contributed by atoms with Gasteiger partial charge in [-0.3, -0.25) is 4.79 Å². The number of likely N-dealkylation sites (tertiary alicyclic amines) is 1. The van der Waals surface area contributed by atoms with E-state index in [0.717, 1.165) is 18.6 Å². The van der Waals surface area contributed by atoms with Gasteiger partial charge < -0.3 is 9.42 Å². The molecule has 0 unspecified atom stereocenters. The molecule has 0 N–H and O–H groups in total. The maximum atomic E-state index is 14.0. The summed E-state index contributed by atoms with van der Waals surface area (Å²) in [7, 11) is 0. The molecule has 9 heteroatoms. The third-order valence-electron chi connectivity index (χ3n) is 4.61.